The van der Waals surface area contributed by atoms with E-state index in [2.05, 4.69) is 15.9 Å². The molecule has 0 radical (unpaired) electrons. The molecule has 1 aromatic carbocycles. The monoisotopic (exact) mass is 331 g/mol. The molecule has 0 aromatic heterocycles. The Balaban J connectivity index is 2.34. The number of amides is 1. The third-order valence-electron chi connectivity index (χ3n) is 2.49. The third-order valence-corrected chi connectivity index (χ3v) is 3.02. The number of nitrogens with zero attached hydrogens (tertiary/aromatic N) is 1. The van der Waals surface area contributed by atoms with Crippen LogP contribution in [0.2, 0.25) is 0 Å². The minimum atomic E-state index is -0.139. The number of carbonyl (C=O) groups is 1. The maximum Gasteiger partial charge on any atom is 0.226 e. The Morgan fingerprint density at radius 2 is 1.74 bits per heavy atom. The first-order valence-electron chi connectivity index (χ1n) is 6.05. The number of hydrogen-bond acceptors (Lipinski definition) is 4. The van der Waals surface area contributed by atoms with Gasteiger partial charge in [0.2, 0.25) is 5.91 Å². The number of hydrogen-bond donors (Lipinski definition) is 2. The maximum absolute atomic E-state index is 11.8. The lowest BCUT2D eigenvalue weighted by Gasteiger charge is -2.20. The van der Waals surface area contributed by atoms with Gasteiger partial charge in [0.15, 0.2) is 0 Å². The summed E-state index contributed by atoms with van der Waals surface area (Å²) >= 11 is 3.33. The van der Waals surface area contributed by atoms with Gasteiger partial charge >= 0.3 is 0 Å². The van der Waals surface area contributed by atoms with Gasteiger partial charge in [0.1, 0.15) is 5.75 Å². The molecule has 0 unspecified atom stereocenters. The number of aliphatic hydroxyl groups is 2. The Morgan fingerprint density at radius 1 is 1.16 bits per heavy atom. The zero-order valence-corrected chi connectivity index (χ0v) is 12.2. The Labute approximate surface area is 120 Å². The summed E-state index contributed by atoms with van der Waals surface area (Å²) in [5.74, 6) is 0.562. The van der Waals surface area contributed by atoms with Gasteiger partial charge in [0, 0.05) is 17.6 Å². The van der Waals surface area contributed by atoms with Crippen molar-refractivity contribution in [3.8, 4) is 5.75 Å². The normalized spacial score (nSPS) is 10.3. The second kappa shape index (κ2) is 8.90. The van der Waals surface area contributed by atoms with Crippen LogP contribution < -0.4 is 4.74 Å². The maximum atomic E-state index is 11.8. The van der Waals surface area contributed by atoms with Crippen LogP contribution in [0, 0.1) is 0 Å². The molecule has 0 fully saturated rings. The zero-order valence-electron chi connectivity index (χ0n) is 10.6. The van der Waals surface area contributed by atoms with Gasteiger partial charge in [-0.25, -0.2) is 0 Å². The summed E-state index contributed by atoms with van der Waals surface area (Å²) in [6, 6.07) is 7.35. The van der Waals surface area contributed by atoms with E-state index in [4.69, 9.17) is 14.9 Å². The molecular weight excluding hydrogens is 314 g/mol. The number of benzene rings is 1. The van der Waals surface area contributed by atoms with Crippen LogP contribution in [0.25, 0.3) is 0 Å². The summed E-state index contributed by atoms with van der Waals surface area (Å²) in [5, 5.41) is 17.7. The van der Waals surface area contributed by atoms with Crippen LogP contribution in [0.4, 0.5) is 0 Å². The van der Waals surface area contributed by atoms with Crippen LogP contribution in [0.5, 0.6) is 5.75 Å². The molecule has 106 valence electrons. The highest BCUT2D eigenvalue weighted by molar-refractivity contribution is 9.10. The average molecular weight is 332 g/mol. The molecule has 6 heteroatoms. The van der Waals surface area contributed by atoms with E-state index in [1.165, 1.54) is 4.90 Å². The van der Waals surface area contributed by atoms with Gasteiger partial charge in [0.25, 0.3) is 0 Å². The zero-order chi connectivity index (χ0) is 14.1. The van der Waals surface area contributed by atoms with E-state index in [-0.39, 0.29) is 45.2 Å². The first-order valence-corrected chi connectivity index (χ1v) is 6.84. The lowest BCUT2D eigenvalue weighted by atomic mass is 10.3. The molecule has 0 spiro atoms. The van der Waals surface area contributed by atoms with Gasteiger partial charge in [-0.15, -0.1) is 0 Å². The van der Waals surface area contributed by atoms with Gasteiger partial charge in [-0.3, -0.25) is 4.79 Å². The topological polar surface area (TPSA) is 70.0 Å². The molecule has 0 aliphatic rings. The van der Waals surface area contributed by atoms with Crippen molar-refractivity contribution in [1.29, 1.82) is 0 Å². The van der Waals surface area contributed by atoms with E-state index in [1.807, 2.05) is 24.3 Å². The number of aliphatic hydroxyl groups excluding tert-OH is 2. The summed E-state index contributed by atoms with van der Waals surface area (Å²) < 4.78 is 6.41. The average Bonchev–Trinajstić information content (AvgIpc) is 2.40. The second-order valence-electron chi connectivity index (χ2n) is 3.88. The highest BCUT2D eigenvalue weighted by atomic mass is 79.9. The third kappa shape index (κ3) is 6.04. The fourth-order valence-corrected chi connectivity index (χ4v) is 1.81. The first-order chi connectivity index (χ1) is 9.17. The van der Waals surface area contributed by atoms with Crippen molar-refractivity contribution in [2.45, 2.75) is 6.42 Å². The number of ether oxygens (including phenoxy) is 1. The lowest BCUT2D eigenvalue weighted by Crippen LogP contribution is -2.36. The van der Waals surface area contributed by atoms with Crippen LogP contribution in [0.3, 0.4) is 0 Å². The van der Waals surface area contributed by atoms with E-state index in [1.54, 1.807) is 0 Å². The largest absolute Gasteiger partial charge is 0.493 e. The fourth-order valence-electron chi connectivity index (χ4n) is 1.55. The molecule has 0 saturated heterocycles. The van der Waals surface area contributed by atoms with E-state index < -0.39 is 0 Å². The molecule has 0 aliphatic carbocycles. The van der Waals surface area contributed by atoms with Gasteiger partial charge in [-0.05, 0) is 24.3 Å². The second-order valence-corrected chi connectivity index (χ2v) is 4.80. The summed E-state index contributed by atoms with van der Waals surface area (Å²) in [4.78, 5) is 13.2. The number of carbonyl (C=O) groups excluding carboxylic acids is 1. The summed E-state index contributed by atoms with van der Waals surface area (Å²) in [7, 11) is 0. The molecule has 19 heavy (non-hydrogen) atoms. The van der Waals surface area contributed by atoms with Gasteiger partial charge in [0.05, 0.1) is 26.2 Å². The highest BCUT2D eigenvalue weighted by Crippen LogP contribution is 2.16. The Morgan fingerprint density at radius 3 is 2.26 bits per heavy atom. The SMILES string of the molecule is O=C(CCOc1ccc(Br)cc1)N(CCO)CCO. The van der Waals surface area contributed by atoms with E-state index in [0.29, 0.717) is 5.75 Å². The Bertz CT molecular complexity index is 377. The van der Waals surface area contributed by atoms with E-state index in [9.17, 15) is 4.79 Å². The molecular formula is C13H18BrNO4. The van der Waals surface area contributed by atoms with Crippen molar-refractivity contribution in [2.24, 2.45) is 0 Å². The smallest absolute Gasteiger partial charge is 0.226 e. The van der Waals surface area contributed by atoms with Crippen molar-refractivity contribution >= 4 is 21.8 Å². The van der Waals surface area contributed by atoms with Crippen molar-refractivity contribution in [2.75, 3.05) is 32.9 Å². The van der Waals surface area contributed by atoms with Crippen LogP contribution in [-0.2, 0) is 4.79 Å². The van der Waals surface area contributed by atoms with Crippen molar-refractivity contribution in [3.05, 3.63) is 28.7 Å². The molecule has 0 atom stereocenters. The summed E-state index contributed by atoms with van der Waals surface area (Å²) in [5.41, 5.74) is 0. The minimum Gasteiger partial charge on any atom is -0.493 e. The fraction of sp³-hybridized carbons (Fsp3) is 0.462. The lowest BCUT2D eigenvalue weighted by molar-refractivity contribution is -0.132. The van der Waals surface area contributed by atoms with Crippen LogP contribution in [0.15, 0.2) is 28.7 Å². The van der Waals surface area contributed by atoms with Crippen LogP contribution in [0.1, 0.15) is 6.42 Å². The van der Waals surface area contributed by atoms with Crippen molar-refractivity contribution < 1.29 is 19.7 Å². The molecule has 0 bridgehead atoms. The molecule has 1 aromatic rings. The Kier molecular flexibility index (Phi) is 7.47. The molecule has 1 rings (SSSR count). The molecule has 1 amide bonds. The van der Waals surface area contributed by atoms with Crippen molar-refractivity contribution in [3.63, 3.8) is 0 Å². The summed E-state index contributed by atoms with van der Waals surface area (Å²) in [6.45, 7) is 0.516. The van der Waals surface area contributed by atoms with Gasteiger partial charge in [-0.2, -0.15) is 0 Å². The molecule has 0 saturated carbocycles. The van der Waals surface area contributed by atoms with Gasteiger partial charge < -0.3 is 19.8 Å². The Hall–Kier alpha value is -1.11. The van der Waals surface area contributed by atoms with Crippen LogP contribution in [-0.4, -0.2) is 53.9 Å². The number of rotatable bonds is 8. The number of halogens is 1. The molecule has 2 N–H and O–H groups in total. The predicted molar refractivity (Wildman–Crippen MR) is 75.0 cm³/mol. The predicted octanol–water partition coefficient (Wildman–Crippen LogP) is 1.03. The van der Waals surface area contributed by atoms with E-state index >= 15 is 0 Å². The standard InChI is InChI=1S/C13H18BrNO4/c14-11-1-3-12(4-2-11)19-10-5-13(18)15(6-8-16)7-9-17/h1-4,16-17H,5-10H2. The van der Waals surface area contributed by atoms with Crippen molar-refractivity contribution in [1.82, 2.24) is 4.90 Å². The molecule has 5 nitrogen and oxygen atoms in total. The van der Waals surface area contributed by atoms with Crippen LogP contribution >= 0.6 is 15.9 Å². The molecule has 0 heterocycles. The minimum absolute atomic E-state index is 0.112. The first kappa shape index (κ1) is 15.9. The van der Waals surface area contributed by atoms with E-state index in [0.717, 1.165) is 4.47 Å². The quantitative estimate of drug-likeness (QED) is 0.746. The van der Waals surface area contributed by atoms with Gasteiger partial charge in [-0.1, -0.05) is 15.9 Å². The highest BCUT2D eigenvalue weighted by Gasteiger charge is 2.12. The summed E-state index contributed by atoms with van der Waals surface area (Å²) in [6.07, 6.45) is 0.218. The molecule has 0 aliphatic heterocycles.